The molecule has 1 saturated heterocycles. The van der Waals surface area contributed by atoms with Crippen LogP contribution in [0.15, 0.2) is 11.8 Å². The largest absolute Gasteiger partial charge is 0.383 e. The number of fused-ring (bicyclic) bond motifs is 1. The Morgan fingerprint density at radius 1 is 1.86 bits per heavy atom. The van der Waals surface area contributed by atoms with Gasteiger partial charge in [-0.3, -0.25) is 0 Å². The van der Waals surface area contributed by atoms with E-state index in [-0.39, 0.29) is 5.60 Å². The Balaban J connectivity index is 2.34. The van der Waals surface area contributed by atoms with Gasteiger partial charge in [0.1, 0.15) is 5.60 Å². The van der Waals surface area contributed by atoms with Crippen molar-refractivity contribution in [3.63, 3.8) is 0 Å². The van der Waals surface area contributed by atoms with Crippen LogP contribution in [0.25, 0.3) is 0 Å². The first kappa shape index (κ1) is 3.50. The Hall–Kier alpha value is -0.500. The topological polar surface area (TPSA) is 32.3 Å². The number of nitrogens with one attached hydrogen (secondary N) is 1. The summed E-state index contributed by atoms with van der Waals surface area (Å²) in [6, 6.07) is 0. The maximum Gasteiger partial charge on any atom is 0.124 e. The third-order valence-corrected chi connectivity index (χ3v) is 1.72. The van der Waals surface area contributed by atoms with Gasteiger partial charge in [0.25, 0.3) is 0 Å². The second kappa shape index (κ2) is 0.713. The van der Waals surface area contributed by atoms with Crippen molar-refractivity contribution in [2.75, 3.05) is 6.54 Å². The highest BCUT2D eigenvalue weighted by Crippen LogP contribution is 2.35. The summed E-state index contributed by atoms with van der Waals surface area (Å²) in [5.41, 5.74) is 0.646. The molecule has 7 heavy (non-hydrogen) atoms. The Bertz CT molecular complexity index is 141. The van der Waals surface area contributed by atoms with Gasteiger partial charge in [-0.15, -0.1) is 0 Å². The van der Waals surface area contributed by atoms with E-state index in [0.717, 1.165) is 18.7 Å². The van der Waals surface area contributed by atoms with Crippen molar-refractivity contribution in [3.8, 4) is 0 Å². The molecule has 0 bridgehead atoms. The van der Waals surface area contributed by atoms with Gasteiger partial charge in [0, 0.05) is 18.7 Å². The maximum atomic E-state index is 9.14. The summed E-state index contributed by atoms with van der Waals surface area (Å²) in [7, 11) is 0. The molecule has 2 N–H and O–H groups in total. The van der Waals surface area contributed by atoms with Crippen LogP contribution in [-0.4, -0.2) is 17.3 Å². The van der Waals surface area contributed by atoms with Crippen LogP contribution in [0.5, 0.6) is 0 Å². The quantitative estimate of drug-likeness (QED) is 0.431. The lowest BCUT2D eigenvalue weighted by atomic mass is 9.79. The molecule has 1 atom stereocenters. The number of hydrogen-bond acceptors (Lipinski definition) is 2. The maximum absolute atomic E-state index is 9.14. The van der Waals surface area contributed by atoms with E-state index in [2.05, 4.69) is 5.32 Å². The molecule has 0 aromatic rings. The summed E-state index contributed by atoms with van der Waals surface area (Å²) >= 11 is 0. The van der Waals surface area contributed by atoms with Crippen molar-refractivity contribution in [2.45, 2.75) is 12.0 Å². The van der Waals surface area contributed by atoms with Crippen molar-refractivity contribution in [1.29, 1.82) is 0 Å². The molecule has 1 heterocycles. The highest BCUT2D eigenvalue weighted by atomic mass is 16.3. The van der Waals surface area contributed by atoms with Crippen LogP contribution in [0.2, 0.25) is 0 Å². The average molecular weight is 97.1 g/mol. The molecular formula is C5H7NO. The van der Waals surface area contributed by atoms with Crippen molar-refractivity contribution in [2.24, 2.45) is 0 Å². The van der Waals surface area contributed by atoms with E-state index < -0.39 is 0 Å². The SMILES string of the molecule is OC12CC=C1NC2. The molecule has 0 spiro atoms. The minimum Gasteiger partial charge on any atom is -0.383 e. The molecule has 1 aliphatic heterocycles. The van der Waals surface area contributed by atoms with Crippen LogP contribution in [-0.2, 0) is 0 Å². The molecule has 2 heteroatoms. The second-order valence-electron chi connectivity index (χ2n) is 2.21. The lowest BCUT2D eigenvalue weighted by Crippen LogP contribution is -2.61. The highest BCUT2D eigenvalue weighted by Gasteiger charge is 2.45. The Kier molecular flexibility index (Phi) is 0.356. The van der Waals surface area contributed by atoms with Gasteiger partial charge in [-0.1, -0.05) is 6.08 Å². The minimum atomic E-state index is -0.389. The highest BCUT2D eigenvalue weighted by molar-refractivity contribution is 5.34. The molecule has 1 fully saturated rings. The molecule has 2 rings (SSSR count). The van der Waals surface area contributed by atoms with Crippen molar-refractivity contribution >= 4 is 0 Å². The molecule has 2 nitrogen and oxygen atoms in total. The summed E-state index contributed by atoms with van der Waals surface area (Å²) in [6.07, 6.45) is 2.87. The van der Waals surface area contributed by atoms with Crippen LogP contribution >= 0.6 is 0 Å². The second-order valence-corrected chi connectivity index (χ2v) is 2.21. The van der Waals surface area contributed by atoms with Crippen LogP contribution < -0.4 is 5.32 Å². The molecule has 2 aliphatic rings. The number of hydrogen-bond donors (Lipinski definition) is 2. The predicted molar refractivity (Wildman–Crippen MR) is 25.7 cm³/mol. The fourth-order valence-corrected chi connectivity index (χ4v) is 0.979. The number of rotatable bonds is 0. The summed E-state index contributed by atoms with van der Waals surface area (Å²) in [6.45, 7) is 0.763. The van der Waals surface area contributed by atoms with Gasteiger partial charge in [0.15, 0.2) is 0 Å². The Morgan fingerprint density at radius 3 is 2.57 bits per heavy atom. The van der Waals surface area contributed by atoms with E-state index in [1.807, 2.05) is 6.08 Å². The third kappa shape index (κ3) is 0.220. The molecule has 1 aliphatic carbocycles. The van der Waals surface area contributed by atoms with Gasteiger partial charge in [0.05, 0.1) is 0 Å². The lowest BCUT2D eigenvalue weighted by Gasteiger charge is -2.47. The third-order valence-electron chi connectivity index (χ3n) is 1.72. The van der Waals surface area contributed by atoms with Gasteiger partial charge >= 0.3 is 0 Å². The average Bonchev–Trinajstić information content (AvgIpc) is 1.67. The standard InChI is InChI=1S/C5H7NO/c7-5-2-1-4(5)6-3-5/h1,6-7H,2-3H2. The molecule has 0 aromatic carbocycles. The fraction of sp³-hybridized carbons (Fsp3) is 0.600. The van der Waals surface area contributed by atoms with Crippen LogP contribution in [0.1, 0.15) is 6.42 Å². The van der Waals surface area contributed by atoms with E-state index in [0.29, 0.717) is 0 Å². The first-order valence-corrected chi connectivity index (χ1v) is 2.48. The monoisotopic (exact) mass is 97.1 g/mol. The Labute approximate surface area is 41.8 Å². The summed E-state index contributed by atoms with van der Waals surface area (Å²) < 4.78 is 0. The molecule has 0 amide bonds. The Morgan fingerprint density at radius 2 is 2.57 bits per heavy atom. The summed E-state index contributed by atoms with van der Waals surface area (Å²) in [5.74, 6) is 0. The summed E-state index contributed by atoms with van der Waals surface area (Å²) in [4.78, 5) is 0. The normalized spacial score (nSPS) is 44.4. The van der Waals surface area contributed by atoms with E-state index >= 15 is 0 Å². The first-order valence-electron chi connectivity index (χ1n) is 2.48. The van der Waals surface area contributed by atoms with Gasteiger partial charge in [-0.25, -0.2) is 0 Å². The van der Waals surface area contributed by atoms with Crippen molar-refractivity contribution in [1.82, 2.24) is 5.32 Å². The predicted octanol–water partition coefficient (Wildman–Crippen LogP) is -0.392. The molecule has 1 unspecified atom stereocenters. The van der Waals surface area contributed by atoms with Crippen LogP contribution in [0, 0.1) is 0 Å². The molecule has 0 radical (unpaired) electrons. The molecular weight excluding hydrogens is 90.1 g/mol. The van der Waals surface area contributed by atoms with Gasteiger partial charge in [-0.05, 0) is 0 Å². The molecule has 38 valence electrons. The summed E-state index contributed by atoms with van der Waals surface area (Å²) in [5, 5.41) is 12.1. The lowest BCUT2D eigenvalue weighted by molar-refractivity contribution is 0.0111. The van der Waals surface area contributed by atoms with Crippen LogP contribution in [0.3, 0.4) is 0 Å². The fourth-order valence-electron chi connectivity index (χ4n) is 0.979. The zero-order valence-corrected chi connectivity index (χ0v) is 3.94. The molecule has 0 aromatic heterocycles. The number of β-amino-alcohol motifs (C(OH)–C–C–N with tert-alkyl or cyclic N) is 1. The van der Waals surface area contributed by atoms with Gasteiger partial charge in [0.2, 0.25) is 0 Å². The van der Waals surface area contributed by atoms with E-state index in [4.69, 9.17) is 5.11 Å². The first-order chi connectivity index (χ1) is 3.31. The zero-order valence-electron chi connectivity index (χ0n) is 3.94. The van der Waals surface area contributed by atoms with Gasteiger partial charge in [-0.2, -0.15) is 0 Å². The number of aliphatic hydroxyl groups is 1. The van der Waals surface area contributed by atoms with E-state index in [1.165, 1.54) is 0 Å². The van der Waals surface area contributed by atoms with Crippen LogP contribution in [0.4, 0.5) is 0 Å². The molecule has 0 saturated carbocycles. The van der Waals surface area contributed by atoms with E-state index in [9.17, 15) is 0 Å². The van der Waals surface area contributed by atoms with E-state index in [1.54, 1.807) is 0 Å². The minimum absolute atomic E-state index is 0.389. The van der Waals surface area contributed by atoms with Crippen molar-refractivity contribution in [3.05, 3.63) is 11.8 Å². The van der Waals surface area contributed by atoms with Crippen molar-refractivity contribution < 1.29 is 5.11 Å². The smallest absolute Gasteiger partial charge is 0.124 e. The zero-order chi connectivity index (χ0) is 4.91. The van der Waals surface area contributed by atoms with Gasteiger partial charge < -0.3 is 10.4 Å².